The SMILES string of the molecule is C=C(Cl)c1c(/C=C\C)c([C@H]2C[C@@H](O)C[C@@H](CO)O2)cn1Cc1ccc(C(=O)O)cc1. The Morgan fingerprint density at radius 2 is 2.03 bits per heavy atom. The van der Waals surface area contributed by atoms with Crippen LogP contribution < -0.4 is 0 Å². The largest absolute Gasteiger partial charge is 0.478 e. The number of halogens is 1. The van der Waals surface area contributed by atoms with Crippen LogP contribution in [0.2, 0.25) is 0 Å². The van der Waals surface area contributed by atoms with Crippen LogP contribution >= 0.6 is 11.6 Å². The number of hydrogen-bond acceptors (Lipinski definition) is 4. The number of benzene rings is 1. The number of rotatable bonds is 7. The maximum Gasteiger partial charge on any atom is 0.335 e. The number of carboxylic acid groups (broad SMARTS) is 1. The van der Waals surface area contributed by atoms with Crippen molar-refractivity contribution in [1.29, 1.82) is 0 Å². The number of carbonyl (C=O) groups is 1. The minimum absolute atomic E-state index is 0.155. The van der Waals surface area contributed by atoms with Gasteiger partial charge in [0.2, 0.25) is 0 Å². The first-order chi connectivity index (χ1) is 14.3. The molecule has 1 aliphatic heterocycles. The van der Waals surface area contributed by atoms with Crippen LogP contribution in [-0.2, 0) is 11.3 Å². The number of ether oxygens (including phenoxy) is 1. The fourth-order valence-corrected chi connectivity index (χ4v) is 4.09. The van der Waals surface area contributed by atoms with E-state index in [0.717, 1.165) is 22.4 Å². The van der Waals surface area contributed by atoms with Gasteiger partial charge in [0.1, 0.15) is 0 Å². The zero-order valence-corrected chi connectivity index (χ0v) is 17.5. The van der Waals surface area contributed by atoms with Crippen LogP contribution in [0.25, 0.3) is 11.1 Å². The molecule has 30 heavy (non-hydrogen) atoms. The summed E-state index contributed by atoms with van der Waals surface area (Å²) in [4.78, 5) is 11.1. The monoisotopic (exact) mass is 431 g/mol. The van der Waals surface area contributed by atoms with Crippen molar-refractivity contribution in [2.45, 2.75) is 44.6 Å². The Kier molecular flexibility index (Phi) is 7.15. The molecule has 0 bridgehead atoms. The number of aromatic carboxylic acids is 1. The lowest BCUT2D eigenvalue weighted by Gasteiger charge is -2.32. The molecule has 0 saturated carbocycles. The average Bonchev–Trinajstić information content (AvgIpc) is 3.06. The van der Waals surface area contributed by atoms with Gasteiger partial charge in [-0.05, 0) is 24.6 Å². The molecule has 0 aliphatic carbocycles. The quantitative estimate of drug-likeness (QED) is 0.615. The Hall–Kier alpha value is -2.38. The van der Waals surface area contributed by atoms with Gasteiger partial charge in [0.15, 0.2) is 0 Å². The van der Waals surface area contributed by atoms with Crippen molar-refractivity contribution in [2.75, 3.05) is 6.61 Å². The zero-order chi connectivity index (χ0) is 21.8. The van der Waals surface area contributed by atoms with Crippen LogP contribution in [0.5, 0.6) is 0 Å². The third kappa shape index (κ3) is 4.84. The molecule has 0 amide bonds. The highest BCUT2D eigenvalue weighted by Crippen LogP contribution is 2.38. The van der Waals surface area contributed by atoms with Crippen LogP contribution in [0.4, 0.5) is 0 Å². The molecule has 160 valence electrons. The summed E-state index contributed by atoms with van der Waals surface area (Å²) in [5.41, 5.74) is 3.59. The van der Waals surface area contributed by atoms with Crippen LogP contribution in [0.15, 0.2) is 43.1 Å². The Labute approximate surface area is 180 Å². The lowest BCUT2D eigenvalue weighted by Crippen LogP contribution is -2.33. The summed E-state index contributed by atoms with van der Waals surface area (Å²) in [6.45, 7) is 6.13. The van der Waals surface area contributed by atoms with Gasteiger partial charge in [-0.25, -0.2) is 4.79 Å². The fourth-order valence-electron chi connectivity index (χ4n) is 3.88. The van der Waals surface area contributed by atoms with Gasteiger partial charge in [-0.3, -0.25) is 0 Å². The van der Waals surface area contributed by atoms with E-state index in [2.05, 4.69) is 6.58 Å². The fraction of sp³-hybridized carbons (Fsp3) is 0.348. The first-order valence-corrected chi connectivity index (χ1v) is 10.2. The molecule has 0 spiro atoms. The number of aliphatic hydroxyl groups excluding tert-OH is 2. The summed E-state index contributed by atoms with van der Waals surface area (Å²) in [6.07, 6.45) is 5.21. The van der Waals surface area contributed by atoms with E-state index in [1.807, 2.05) is 29.8 Å². The van der Waals surface area contributed by atoms with Crippen molar-refractivity contribution >= 4 is 28.7 Å². The molecule has 6 nitrogen and oxygen atoms in total. The lowest BCUT2D eigenvalue weighted by molar-refractivity contribution is -0.113. The van der Waals surface area contributed by atoms with Gasteiger partial charge in [0.25, 0.3) is 0 Å². The standard InChI is InChI=1S/C23H26ClNO5/c1-3-4-19-20(21-10-17(27)9-18(13-26)30-21)12-25(22(19)14(2)24)11-15-5-7-16(8-6-15)23(28)29/h3-8,12,17-18,21,26-27H,2,9-11,13H2,1H3,(H,28,29)/b4-3-/t17-,18-,21+/m0/s1. The second-order valence-corrected chi connectivity index (χ2v) is 7.89. The third-order valence-electron chi connectivity index (χ3n) is 5.22. The maximum absolute atomic E-state index is 11.1. The van der Waals surface area contributed by atoms with Gasteiger partial charge in [-0.15, -0.1) is 0 Å². The summed E-state index contributed by atoms with van der Waals surface area (Å²) < 4.78 is 7.98. The van der Waals surface area contributed by atoms with Gasteiger partial charge in [0, 0.05) is 36.7 Å². The molecule has 1 aromatic heterocycles. The van der Waals surface area contributed by atoms with Gasteiger partial charge in [-0.1, -0.05) is 42.5 Å². The first-order valence-electron chi connectivity index (χ1n) is 9.81. The molecule has 1 aromatic carbocycles. The summed E-state index contributed by atoms with van der Waals surface area (Å²) in [6, 6.07) is 6.66. The maximum atomic E-state index is 11.1. The zero-order valence-electron chi connectivity index (χ0n) is 16.8. The molecule has 7 heteroatoms. The van der Waals surface area contributed by atoms with Crippen molar-refractivity contribution in [3.8, 4) is 0 Å². The van der Waals surface area contributed by atoms with E-state index in [-0.39, 0.29) is 18.3 Å². The second-order valence-electron chi connectivity index (χ2n) is 7.44. The van der Waals surface area contributed by atoms with Crippen LogP contribution in [-0.4, -0.2) is 44.7 Å². The summed E-state index contributed by atoms with van der Waals surface area (Å²) in [5.74, 6) is -0.971. The van der Waals surface area contributed by atoms with Crippen molar-refractivity contribution in [3.63, 3.8) is 0 Å². The highest BCUT2D eigenvalue weighted by Gasteiger charge is 2.32. The average molecular weight is 432 g/mol. The summed E-state index contributed by atoms with van der Waals surface area (Å²) in [5, 5.41) is 29.2. The molecule has 0 radical (unpaired) electrons. The molecule has 3 rings (SSSR count). The van der Waals surface area contributed by atoms with Crippen LogP contribution in [0, 0.1) is 0 Å². The molecule has 1 fully saturated rings. The number of aromatic nitrogens is 1. The molecule has 0 unspecified atom stereocenters. The van der Waals surface area contributed by atoms with Crippen LogP contribution in [0.1, 0.15) is 58.6 Å². The Morgan fingerprint density at radius 3 is 2.60 bits per heavy atom. The number of carboxylic acids is 1. The Bertz CT molecular complexity index is 947. The van der Waals surface area contributed by atoms with E-state index >= 15 is 0 Å². The van der Waals surface area contributed by atoms with Crippen molar-refractivity contribution in [1.82, 2.24) is 4.57 Å². The molecule has 1 aliphatic rings. The van der Waals surface area contributed by atoms with E-state index in [1.165, 1.54) is 0 Å². The lowest BCUT2D eigenvalue weighted by atomic mass is 9.94. The minimum Gasteiger partial charge on any atom is -0.478 e. The van der Waals surface area contributed by atoms with Crippen LogP contribution in [0.3, 0.4) is 0 Å². The minimum atomic E-state index is -0.971. The van der Waals surface area contributed by atoms with Gasteiger partial charge in [0.05, 0.1) is 41.2 Å². The van der Waals surface area contributed by atoms with Crippen molar-refractivity contribution < 1.29 is 24.9 Å². The second kappa shape index (κ2) is 9.62. The molecule has 3 N–H and O–H groups in total. The Balaban J connectivity index is 2.01. The highest BCUT2D eigenvalue weighted by molar-refractivity contribution is 6.48. The van der Waals surface area contributed by atoms with E-state index in [4.69, 9.17) is 21.4 Å². The molecule has 1 saturated heterocycles. The smallest absolute Gasteiger partial charge is 0.335 e. The number of nitrogens with zero attached hydrogens (tertiary/aromatic N) is 1. The number of hydrogen-bond donors (Lipinski definition) is 3. The first kappa shape index (κ1) is 22.3. The van der Waals surface area contributed by atoms with Crippen molar-refractivity contribution in [2.24, 2.45) is 0 Å². The van der Waals surface area contributed by atoms with E-state index in [1.54, 1.807) is 24.3 Å². The van der Waals surface area contributed by atoms with E-state index in [9.17, 15) is 15.0 Å². The topological polar surface area (TPSA) is 91.9 Å². The summed E-state index contributed by atoms with van der Waals surface area (Å²) in [7, 11) is 0. The van der Waals surface area contributed by atoms with Gasteiger partial charge >= 0.3 is 5.97 Å². The Morgan fingerprint density at radius 1 is 1.33 bits per heavy atom. The van der Waals surface area contributed by atoms with Crippen molar-refractivity contribution in [3.05, 3.63) is 71.1 Å². The van der Waals surface area contributed by atoms with E-state index in [0.29, 0.717) is 24.4 Å². The predicted molar refractivity (Wildman–Crippen MR) is 116 cm³/mol. The number of aliphatic hydroxyl groups is 2. The van der Waals surface area contributed by atoms with E-state index < -0.39 is 18.2 Å². The summed E-state index contributed by atoms with van der Waals surface area (Å²) >= 11 is 6.36. The van der Waals surface area contributed by atoms with Gasteiger partial charge in [-0.2, -0.15) is 0 Å². The third-order valence-corrected chi connectivity index (χ3v) is 5.40. The molecule has 3 atom stereocenters. The highest BCUT2D eigenvalue weighted by atomic mass is 35.5. The van der Waals surface area contributed by atoms with Gasteiger partial charge < -0.3 is 24.6 Å². The molecular formula is C23H26ClNO5. The normalized spacial score (nSPS) is 21.8. The molecular weight excluding hydrogens is 406 g/mol. The number of allylic oxidation sites excluding steroid dienone is 1. The predicted octanol–water partition coefficient (Wildman–Crippen LogP) is 4.05. The molecule has 2 heterocycles. The molecule has 2 aromatic rings.